The van der Waals surface area contributed by atoms with Crippen molar-refractivity contribution < 1.29 is 9.47 Å². The highest BCUT2D eigenvalue weighted by Gasteiger charge is 2.29. The number of rotatable bonds is 4. The third kappa shape index (κ3) is 7.04. The first-order valence-corrected chi connectivity index (χ1v) is 8.40. The van der Waals surface area contributed by atoms with Crippen molar-refractivity contribution in [2.45, 2.75) is 12.2 Å². The standard InChI is InChI=1S/C18H21NO2.C2H7N.ClH/c1-19-12-13-20-17(14-19)18(15-8-4-2-5-9-15)21-16-10-6-3-7-11-16;1-3-2;/h2-11,17-18H,12-14H2,1H3;3H,1-2H3;1H. The molecule has 1 aliphatic heterocycles. The molecule has 0 aliphatic carbocycles. The average Bonchev–Trinajstić information content (AvgIpc) is 2.62. The van der Waals surface area contributed by atoms with Crippen molar-refractivity contribution in [2.75, 3.05) is 40.8 Å². The number of halogens is 1. The SMILES string of the molecule is CN1CCOC(C(Oc2ccccc2)c2ccccc2)C1.CNC.Cl. The number of nitrogens with zero attached hydrogens (tertiary/aromatic N) is 1. The summed E-state index contributed by atoms with van der Waals surface area (Å²) in [7, 11) is 5.88. The van der Waals surface area contributed by atoms with Crippen molar-refractivity contribution >= 4 is 12.4 Å². The topological polar surface area (TPSA) is 33.7 Å². The number of hydrogen-bond donors (Lipinski definition) is 1. The lowest BCUT2D eigenvalue weighted by Crippen LogP contribution is -2.44. The summed E-state index contributed by atoms with van der Waals surface area (Å²) in [4.78, 5) is 2.29. The van der Waals surface area contributed by atoms with Gasteiger partial charge in [0, 0.05) is 13.1 Å². The maximum absolute atomic E-state index is 6.24. The monoisotopic (exact) mass is 364 g/mol. The predicted octanol–water partition coefficient (Wildman–Crippen LogP) is 3.39. The van der Waals surface area contributed by atoms with E-state index in [-0.39, 0.29) is 24.6 Å². The molecule has 1 heterocycles. The molecule has 1 N–H and O–H groups in total. The van der Waals surface area contributed by atoms with Crippen molar-refractivity contribution in [3.8, 4) is 5.75 Å². The van der Waals surface area contributed by atoms with E-state index in [9.17, 15) is 0 Å². The maximum Gasteiger partial charge on any atom is 0.151 e. The second kappa shape index (κ2) is 11.9. The van der Waals surface area contributed by atoms with Gasteiger partial charge in [-0.2, -0.15) is 0 Å². The fraction of sp³-hybridized carbons (Fsp3) is 0.400. The molecule has 25 heavy (non-hydrogen) atoms. The van der Waals surface area contributed by atoms with Crippen LogP contribution in [0, 0.1) is 0 Å². The molecule has 2 atom stereocenters. The lowest BCUT2D eigenvalue weighted by molar-refractivity contribution is -0.0759. The van der Waals surface area contributed by atoms with Gasteiger partial charge in [0.2, 0.25) is 0 Å². The molecular formula is C20H29ClN2O2. The van der Waals surface area contributed by atoms with E-state index >= 15 is 0 Å². The van der Waals surface area contributed by atoms with Crippen LogP contribution < -0.4 is 10.1 Å². The first-order chi connectivity index (χ1) is 11.7. The molecule has 1 saturated heterocycles. The van der Waals surface area contributed by atoms with Gasteiger partial charge in [-0.15, -0.1) is 12.4 Å². The third-order valence-corrected chi connectivity index (χ3v) is 3.77. The summed E-state index contributed by atoms with van der Waals surface area (Å²) in [6.07, 6.45) is -0.0392. The quantitative estimate of drug-likeness (QED) is 0.901. The van der Waals surface area contributed by atoms with Gasteiger partial charge in [0.1, 0.15) is 11.9 Å². The zero-order chi connectivity index (χ0) is 17.2. The molecule has 2 unspecified atom stereocenters. The minimum absolute atomic E-state index is 0. The molecule has 0 saturated carbocycles. The summed E-state index contributed by atoms with van der Waals surface area (Å²) in [5.41, 5.74) is 1.15. The summed E-state index contributed by atoms with van der Waals surface area (Å²) in [6, 6.07) is 20.3. The zero-order valence-electron chi connectivity index (χ0n) is 15.2. The molecule has 1 fully saturated rings. The number of ether oxygens (including phenoxy) is 2. The highest BCUT2D eigenvalue weighted by molar-refractivity contribution is 5.85. The minimum atomic E-state index is -0.0867. The fourth-order valence-corrected chi connectivity index (χ4v) is 2.64. The van der Waals surface area contributed by atoms with E-state index in [0.717, 1.165) is 31.0 Å². The molecule has 0 amide bonds. The second-order valence-corrected chi connectivity index (χ2v) is 5.93. The Morgan fingerprint density at radius 1 is 1.04 bits per heavy atom. The van der Waals surface area contributed by atoms with Gasteiger partial charge >= 0.3 is 0 Å². The number of nitrogens with one attached hydrogen (secondary N) is 1. The summed E-state index contributed by atoms with van der Waals surface area (Å²) in [6.45, 7) is 2.61. The lowest BCUT2D eigenvalue weighted by Gasteiger charge is -2.35. The first-order valence-electron chi connectivity index (χ1n) is 8.40. The lowest BCUT2D eigenvalue weighted by atomic mass is 10.0. The zero-order valence-corrected chi connectivity index (χ0v) is 16.0. The van der Waals surface area contributed by atoms with Crippen molar-refractivity contribution in [3.63, 3.8) is 0 Å². The van der Waals surface area contributed by atoms with Crippen LogP contribution >= 0.6 is 12.4 Å². The van der Waals surface area contributed by atoms with Crippen LogP contribution in [0.4, 0.5) is 0 Å². The number of hydrogen-bond acceptors (Lipinski definition) is 4. The summed E-state index contributed by atoms with van der Waals surface area (Å²) >= 11 is 0. The van der Waals surface area contributed by atoms with Crippen molar-refractivity contribution in [1.29, 1.82) is 0 Å². The first kappa shape index (κ1) is 21.5. The van der Waals surface area contributed by atoms with Gasteiger partial charge in [0.15, 0.2) is 6.10 Å². The van der Waals surface area contributed by atoms with Crippen molar-refractivity contribution in [2.24, 2.45) is 0 Å². The van der Waals surface area contributed by atoms with Gasteiger partial charge in [0.25, 0.3) is 0 Å². The van der Waals surface area contributed by atoms with E-state index in [4.69, 9.17) is 9.47 Å². The molecular weight excluding hydrogens is 336 g/mol. The van der Waals surface area contributed by atoms with Gasteiger partial charge < -0.3 is 19.7 Å². The Balaban J connectivity index is 0.000000730. The van der Waals surface area contributed by atoms with Gasteiger partial charge in [-0.05, 0) is 38.8 Å². The van der Waals surface area contributed by atoms with E-state index in [1.54, 1.807) is 0 Å². The van der Waals surface area contributed by atoms with E-state index in [2.05, 4.69) is 29.4 Å². The Morgan fingerprint density at radius 2 is 1.60 bits per heavy atom. The normalized spacial score (nSPS) is 18.3. The van der Waals surface area contributed by atoms with Gasteiger partial charge in [-0.3, -0.25) is 0 Å². The molecule has 0 aromatic heterocycles. The van der Waals surface area contributed by atoms with E-state index in [1.807, 2.05) is 62.6 Å². The Hall–Kier alpha value is -1.59. The molecule has 1 aliphatic rings. The predicted molar refractivity (Wildman–Crippen MR) is 106 cm³/mol. The summed E-state index contributed by atoms with van der Waals surface area (Å²) in [5.74, 6) is 0.878. The molecule has 3 rings (SSSR count). The van der Waals surface area contributed by atoms with E-state index < -0.39 is 0 Å². The molecule has 5 heteroatoms. The highest BCUT2D eigenvalue weighted by Crippen LogP contribution is 2.28. The molecule has 0 bridgehead atoms. The highest BCUT2D eigenvalue weighted by atomic mass is 35.5. The summed E-state index contributed by atoms with van der Waals surface area (Å²) < 4.78 is 12.2. The summed E-state index contributed by atoms with van der Waals surface area (Å²) in [5, 5.41) is 2.75. The Labute approximate surface area is 157 Å². The van der Waals surface area contributed by atoms with Crippen LogP contribution in [-0.2, 0) is 4.74 Å². The largest absolute Gasteiger partial charge is 0.483 e. The minimum Gasteiger partial charge on any atom is -0.483 e. The second-order valence-electron chi connectivity index (χ2n) is 5.93. The van der Waals surface area contributed by atoms with Crippen LogP contribution in [-0.4, -0.2) is 51.8 Å². The third-order valence-electron chi connectivity index (χ3n) is 3.77. The van der Waals surface area contributed by atoms with Gasteiger partial charge in [0.05, 0.1) is 6.61 Å². The van der Waals surface area contributed by atoms with Crippen LogP contribution in [0.5, 0.6) is 5.75 Å². The van der Waals surface area contributed by atoms with E-state index in [0.29, 0.717) is 0 Å². The number of likely N-dealkylation sites (N-methyl/N-ethyl adjacent to an activating group) is 1. The van der Waals surface area contributed by atoms with E-state index in [1.165, 1.54) is 0 Å². The Morgan fingerprint density at radius 3 is 2.16 bits per heavy atom. The van der Waals surface area contributed by atoms with Crippen LogP contribution in [0.1, 0.15) is 11.7 Å². The maximum atomic E-state index is 6.24. The molecule has 0 radical (unpaired) electrons. The van der Waals surface area contributed by atoms with Crippen molar-refractivity contribution in [3.05, 3.63) is 66.2 Å². The smallest absolute Gasteiger partial charge is 0.151 e. The Kier molecular flexibility index (Phi) is 10.2. The van der Waals surface area contributed by atoms with Crippen LogP contribution in [0.25, 0.3) is 0 Å². The number of morpholine rings is 1. The molecule has 4 nitrogen and oxygen atoms in total. The molecule has 2 aromatic carbocycles. The average molecular weight is 365 g/mol. The van der Waals surface area contributed by atoms with Crippen molar-refractivity contribution in [1.82, 2.24) is 10.2 Å². The molecule has 138 valence electrons. The molecule has 0 spiro atoms. The number of para-hydroxylation sites is 1. The van der Waals surface area contributed by atoms with Gasteiger partial charge in [-0.25, -0.2) is 0 Å². The fourth-order valence-electron chi connectivity index (χ4n) is 2.64. The van der Waals surface area contributed by atoms with Crippen LogP contribution in [0.15, 0.2) is 60.7 Å². The Bertz CT molecular complexity index is 568. The number of benzene rings is 2. The molecule has 2 aromatic rings. The van der Waals surface area contributed by atoms with Crippen LogP contribution in [0.2, 0.25) is 0 Å². The van der Waals surface area contributed by atoms with Gasteiger partial charge in [-0.1, -0.05) is 48.5 Å². The van der Waals surface area contributed by atoms with Crippen LogP contribution in [0.3, 0.4) is 0 Å².